The van der Waals surface area contributed by atoms with Crippen molar-refractivity contribution in [3.05, 3.63) is 20.8 Å². The van der Waals surface area contributed by atoms with Gasteiger partial charge in [-0.3, -0.25) is 0 Å². The Kier molecular flexibility index (Phi) is 3.60. The molecule has 1 heterocycles. The first-order valence-electron chi connectivity index (χ1n) is 4.97. The van der Waals surface area contributed by atoms with Gasteiger partial charge in [0.1, 0.15) is 0 Å². The number of nitrogens with one attached hydrogen (secondary N) is 1. The zero-order valence-corrected chi connectivity index (χ0v) is 10.4. The monoisotopic (exact) mass is 274 g/mol. The molecule has 1 aliphatic carbocycles. The summed E-state index contributed by atoms with van der Waals surface area (Å²) in [4.78, 5) is 1.39. The lowest BCUT2D eigenvalue weighted by atomic mass is 10.2. The van der Waals surface area contributed by atoms with E-state index in [1.54, 1.807) is 11.3 Å². The lowest BCUT2D eigenvalue weighted by Crippen LogP contribution is -2.27. The minimum Gasteiger partial charge on any atom is -0.328 e. The highest BCUT2D eigenvalue weighted by Crippen LogP contribution is 2.23. The quantitative estimate of drug-likeness (QED) is 0.889. The van der Waals surface area contributed by atoms with Gasteiger partial charge in [-0.15, -0.1) is 11.3 Å². The molecule has 1 saturated carbocycles. The van der Waals surface area contributed by atoms with E-state index in [-0.39, 0.29) is 0 Å². The molecular weight excluding hydrogens is 260 g/mol. The average molecular weight is 275 g/mol. The summed E-state index contributed by atoms with van der Waals surface area (Å²) >= 11 is 5.26. The molecule has 3 N–H and O–H groups in total. The maximum Gasteiger partial charge on any atom is 0.0701 e. The van der Waals surface area contributed by atoms with Crippen molar-refractivity contribution >= 4 is 27.3 Å². The highest BCUT2D eigenvalue weighted by Gasteiger charge is 2.20. The van der Waals surface area contributed by atoms with Gasteiger partial charge in [0, 0.05) is 23.5 Å². The second-order valence-corrected chi connectivity index (χ2v) is 6.40. The molecule has 1 aromatic rings. The molecule has 1 aliphatic rings. The van der Waals surface area contributed by atoms with Crippen LogP contribution < -0.4 is 11.1 Å². The van der Waals surface area contributed by atoms with Gasteiger partial charge >= 0.3 is 0 Å². The summed E-state index contributed by atoms with van der Waals surface area (Å²) in [6.45, 7) is 0.980. The summed E-state index contributed by atoms with van der Waals surface area (Å²) < 4.78 is 1.21. The summed E-state index contributed by atoms with van der Waals surface area (Å²) in [6, 6.07) is 5.31. The molecule has 1 aromatic heterocycles. The maximum absolute atomic E-state index is 5.85. The van der Waals surface area contributed by atoms with Gasteiger partial charge < -0.3 is 11.1 Å². The number of nitrogens with two attached hydrogens (primary N) is 1. The molecule has 2 rings (SSSR count). The topological polar surface area (TPSA) is 38.0 Å². The first-order valence-corrected chi connectivity index (χ1v) is 6.58. The Morgan fingerprint density at radius 3 is 2.93 bits per heavy atom. The van der Waals surface area contributed by atoms with E-state index in [1.165, 1.54) is 21.5 Å². The van der Waals surface area contributed by atoms with Crippen molar-refractivity contribution in [2.24, 2.45) is 5.73 Å². The smallest absolute Gasteiger partial charge is 0.0701 e. The van der Waals surface area contributed by atoms with Crippen molar-refractivity contribution < 1.29 is 0 Å². The molecule has 4 heteroatoms. The highest BCUT2D eigenvalue weighted by atomic mass is 79.9. The molecule has 0 aliphatic heterocycles. The van der Waals surface area contributed by atoms with Crippen LogP contribution in [0.5, 0.6) is 0 Å². The molecular formula is C10H15BrN2S. The van der Waals surface area contributed by atoms with Gasteiger partial charge in [0.2, 0.25) is 0 Å². The second-order valence-electron chi connectivity index (χ2n) is 3.86. The second kappa shape index (κ2) is 4.75. The van der Waals surface area contributed by atoms with Crippen LogP contribution >= 0.6 is 27.3 Å². The SMILES string of the molecule is NC1CCC(NCc2ccc(Br)s2)C1. The van der Waals surface area contributed by atoms with Crippen LogP contribution in [-0.4, -0.2) is 12.1 Å². The Morgan fingerprint density at radius 2 is 2.36 bits per heavy atom. The maximum atomic E-state index is 5.85. The van der Waals surface area contributed by atoms with Crippen molar-refractivity contribution in [1.82, 2.24) is 5.32 Å². The van der Waals surface area contributed by atoms with Gasteiger partial charge in [0.25, 0.3) is 0 Å². The van der Waals surface area contributed by atoms with Gasteiger partial charge in [-0.25, -0.2) is 0 Å². The zero-order valence-electron chi connectivity index (χ0n) is 8.00. The Labute approximate surface area is 97.0 Å². The van der Waals surface area contributed by atoms with E-state index in [2.05, 4.69) is 33.4 Å². The molecule has 0 spiro atoms. The minimum atomic E-state index is 0.419. The number of thiophene rings is 1. The van der Waals surface area contributed by atoms with Crippen molar-refractivity contribution in [3.8, 4) is 0 Å². The van der Waals surface area contributed by atoms with E-state index in [9.17, 15) is 0 Å². The molecule has 0 saturated heterocycles. The van der Waals surface area contributed by atoms with Crippen molar-refractivity contribution in [2.75, 3.05) is 0 Å². The fraction of sp³-hybridized carbons (Fsp3) is 0.600. The van der Waals surface area contributed by atoms with E-state index >= 15 is 0 Å². The summed E-state index contributed by atoms with van der Waals surface area (Å²) in [6.07, 6.45) is 3.53. The molecule has 1 fully saturated rings. The number of hydrogen-bond acceptors (Lipinski definition) is 3. The molecule has 14 heavy (non-hydrogen) atoms. The Morgan fingerprint density at radius 1 is 1.50 bits per heavy atom. The molecule has 0 aromatic carbocycles. The van der Waals surface area contributed by atoms with Crippen LogP contribution in [0.4, 0.5) is 0 Å². The van der Waals surface area contributed by atoms with Gasteiger partial charge in [-0.2, -0.15) is 0 Å². The lowest BCUT2D eigenvalue weighted by molar-refractivity contribution is 0.519. The molecule has 0 amide bonds. The molecule has 0 radical (unpaired) electrons. The van der Waals surface area contributed by atoms with Crippen LogP contribution in [0.3, 0.4) is 0 Å². The van der Waals surface area contributed by atoms with E-state index in [0.29, 0.717) is 12.1 Å². The summed E-state index contributed by atoms with van der Waals surface area (Å²) in [7, 11) is 0. The third kappa shape index (κ3) is 2.79. The summed E-state index contributed by atoms with van der Waals surface area (Å²) in [5.74, 6) is 0. The van der Waals surface area contributed by atoms with E-state index in [1.807, 2.05) is 0 Å². The van der Waals surface area contributed by atoms with E-state index < -0.39 is 0 Å². The molecule has 78 valence electrons. The van der Waals surface area contributed by atoms with Crippen molar-refractivity contribution in [2.45, 2.75) is 37.9 Å². The van der Waals surface area contributed by atoms with Gasteiger partial charge in [-0.1, -0.05) is 0 Å². The molecule has 0 bridgehead atoms. The van der Waals surface area contributed by atoms with E-state index in [4.69, 9.17) is 5.73 Å². The van der Waals surface area contributed by atoms with Gasteiger partial charge in [0.05, 0.1) is 3.79 Å². The number of halogens is 1. The third-order valence-corrected chi connectivity index (χ3v) is 4.29. The summed E-state index contributed by atoms with van der Waals surface area (Å²) in [5.41, 5.74) is 5.85. The molecule has 2 nitrogen and oxygen atoms in total. The predicted molar refractivity (Wildman–Crippen MR) is 64.5 cm³/mol. The van der Waals surface area contributed by atoms with Crippen LogP contribution in [0.2, 0.25) is 0 Å². The first-order chi connectivity index (χ1) is 6.74. The Balaban J connectivity index is 1.77. The fourth-order valence-corrected chi connectivity index (χ4v) is 3.33. The largest absolute Gasteiger partial charge is 0.328 e. The van der Waals surface area contributed by atoms with Crippen LogP contribution in [0.15, 0.2) is 15.9 Å². The average Bonchev–Trinajstić information content (AvgIpc) is 2.72. The fourth-order valence-electron chi connectivity index (χ4n) is 1.89. The predicted octanol–water partition coefficient (Wildman–Crippen LogP) is 2.48. The van der Waals surface area contributed by atoms with Gasteiger partial charge in [0.15, 0.2) is 0 Å². The highest BCUT2D eigenvalue weighted by molar-refractivity contribution is 9.11. The van der Waals surface area contributed by atoms with Crippen molar-refractivity contribution in [1.29, 1.82) is 0 Å². The van der Waals surface area contributed by atoms with Crippen LogP contribution in [-0.2, 0) is 6.54 Å². The Hall–Kier alpha value is 0.1000. The first kappa shape index (κ1) is 10.6. The molecule has 2 atom stereocenters. The van der Waals surface area contributed by atoms with Crippen LogP contribution in [0, 0.1) is 0 Å². The standard InChI is InChI=1S/C10H15BrN2S/c11-10-4-3-9(14-10)6-13-8-2-1-7(12)5-8/h3-4,7-8,13H,1-2,5-6,12H2. The summed E-state index contributed by atoms with van der Waals surface area (Å²) in [5, 5.41) is 3.55. The molecule has 2 unspecified atom stereocenters. The minimum absolute atomic E-state index is 0.419. The Bertz CT molecular complexity index is 300. The normalized spacial score (nSPS) is 27.0. The van der Waals surface area contributed by atoms with Crippen LogP contribution in [0.25, 0.3) is 0 Å². The van der Waals surface area contributed by atoms with E-state index in [0.717, 1.165) is 13.0 Å². The number of rotatable bonds is 3. The number of hydrogen-bond donors (Lipinski definition) is 2. The van der Waals surface area contributed by atoms with Crippen LogP contribution in [0.1, 0.15) is 24.1 Å². The van der Waals surface area contributed by atoms with Crippen molar-refractivity contribution in [3.63, 3.8) is 0 Å². The zero-order chi connectivity index (χ0) is 9.97. The lowest BCUT2D eigenvalue weighted by Gasteiger charge is -2.10. The third-order valence-electron chi connectivity index (χ3n) is 2.67. The van der Waals surface area contributed by atoms with Gasteiger partial charge in [-0.05, 0) is 47.3 Å².